The fourth-order valence-electron chi connectivity index (χ4n) is 1.22. The first kappa shape index (κ1) is 12.0. The molecule has 0 aliphatic carbocycles. The van der Waals surface area contributed by atoms with Gasteiger partial charge in [0.15, 0.2) is 15.6 Å². The fourth-order valence-corrected chi connectivity index (χ4v) is 3.67. The van der Waals surface area contributed by atoms with E-state index in [0.717, 1.165) is 17.6 Å². The molecule has 0 bridgehead atoms. The van der Waals surface area contributed by atoms with Crippen LogP contribution in [-0.4, -0.2) is 27.5 Å². The molecule has 84 valence electrons. The molecule has 0 aliphatic heterocycles. The van der Waals surface area contributed by atoms with Gasteiger partial charge in [-0.1, -0.05) is 0 Å². The van der Waals surface area contributed by atoms with Gasteiger partial charge in [-0.05, 0) is 0 Å². The Hall–Kier alpha value is -1.08. The van der Waals surface area contributed by atoms with E-state index in [1.165, 1.54) is 6.92 Å². The van der Waals surface area contributed by atoms with Crippen molar-refractivity contribution in [3.8, 4) is 0 Å². The van der Waals surface area contributed by atoms with Gasteiger partial charge in [-0.3, -0.25) is 4.79 Å². The van der Waals surface area contributed by atoms with Crippen LogP contribution in [0, 0.1) is 0 Å². The van der Waals surface area contributed by atoms with Gasteiger partial charge in [0, 0.05) is 20.2 Å². The van der Waals surface area contributed by atoms with Gasteiger partial charge in [0.25, 0.3) is 0 Å². The van der Waals surface area contributed by atoms with Crippen molar-refractivity contribution in [1.29, 1.82) is 0 Å². The van der Waals surface area contributed by atoms with Crippen LogP contribution in [0.4, 0.5) is 10.7 Å². The number of thiophene rings is 1. The number of nitrogens with two attached hydrogens (primary N) is 1. The van der Waals surface area contributed by atoms with Crippen LogP contribution in [-0.2, 0) is 9.84 Å². The van der Waals surface area contributed by atoms with E-state index < -0.39 is 9.84 Å². The maximum Gasteiger partial charge on any atom is 0.180 e. The minimum absolute atomic E-state index is 0.0141. The molecule has 7 heteroatoms. The summed E-state index contributed by atoms with van der Waals surface area (Å²) in [6.07, 6.45) is 1.07. The summed E-state index contributed by atoms with van der Waals surface area (Å²) in [5.74, 6) is -0.232. The van der Waals surface area contributed by atoms with Gasteiger partial charge in [0.05, 0.1) is 10.6 Å². The molecular weight excluding hydrogens is 236 g/mol. The number of Topliss-reactive ketones (excluding diaryl/α,β-unsaturated/α-hetero) is 1. The zero-order chi connectivity index (χ0) is 11.8. The molecule has 15 heavy (non-hydrogen) atoms. The first-order chi connectivity index (χ1) is 6.79. The standard InChI is InChI=1S/C8H12N2O3S2/c1-4(11)6-5(9)7(15(3,12)13)8(10-2)14-6/h10H,9H2,1-3H3. The minimum atomic E-state index is -3.42. The van der Waals surface area contributed by atoms with Gasteiger partial charge in [0.2, 0.25) is 0 Å². The summed E-state index contributed by atoms with van der Waals surface area (Å²) in [7, 11) is -1.83. The Kier molecular flexibility index (Phi) is 3.05. The van der Waals surface area contributed by atoms with Crippen molar-refractivity contribution in [2.24, 2.45) is 0 Å². The maximum atomic E-state index is 11.4. The summed E-state index contributed by atoms with van der Waals surface area (Å²) < 4.78 is 22.9. The lowest BCUT2D eigenvalue weighted by atomic mass is 10.3. The molecular formula is C8H12N2O3S2. The number of ketones is 1. The van der Waals surface area contributed by atoms with Gasteiger partial charge in [-0.15, -0.1) is 11.3 Å². The summed E-state index contributed by atoms with van der Waals surface area (Å²) in [4.78, 5) is 11.5. The van der Waals surface area contributed by atoms with E-state index in [-0.39, 0.29) is 21.2 Å². The molecule has 0 aromatic carbocycles. The van der Waals surface area contributed by atoms with Crippen molar-refractivity contribution in [2.75, 3.05) is 24.4 Å². The molecule has 0 aliphatic rings. The smallest absolute Gasteiger partial charge is 0.180 e. The first-order valence-corrected chi connectivity index (χ1v) is 6.80. The number of hydrogen-bond donors (Lipinski definition) is 2. The van der Waals surface area contributed by atoms with Crippen LogP contribution in [0.25, 0.3) is 0 Å². The van der Waals surface area contributed by atoms with Gasteiger partial charge in [-0.25, -0.2) is 8.42 Å². The molecule has 1 rings (SSSR count). The van der Waals surface area contributed by atoms with E-state index in [4.69, 9.17) is 5.73 Å². The highest BCUT2D eigenvalue weighted by Crippen LogP contribution is 2.38. The quantitative estimate of drug-likeness (QED) is 0.778. The van der Waals surface area contributed by atoms with Crippen molar-refractivity contribution in [2.45, 2.75) is 11.8 Å². The number of carbonyl (C=O) groups excluding carboxylic acids is 1. The second-order valence-corrected chi connectivity index (χ2v) is 6.05. The van der Waals surface area contributed by atoms with Crippen LogP contribution in [0.5, 0.6) is 0 Å². The van der Waals surface area contributed by atoms with E-state index in [1.54, 1.807) is 7.05 Å². The van der Waals surface area contributed by atoms with Crippen LogP contribution in [0.3, 0.4) is 0 Å². The largest absolute Gasteiger partial charge is 0.396 e. The van der Waals surface area contributed by atoms with Crippen LogP contribution < -0.4 is 11.1 Å². The Morgan fingerprint density at radius 3 is 2.27 bits per heavy atom. The van der Waals surface area contributed by atoms with Gasteiger partial charge >= 0.3 is 0 Å². The summed E-state index contributed by atoms with van der Waals surface area (Å²) in [5.41, 5.74) is 5.68. The van der Waals surface area contributed by atoms with Crippen LogP contribution >= 0.6 is 11.3 Å². The Labute approximate surface area is 92.2 Å². The predicted molar refractivity (Wildman–Crippen MR) is 61.4 cm³/mol. The van der Waals surface area contributed by atoms with Gasteiger partial charge in [-0.2, -0.15) is 0 Å². The van der Waals surface area contributed by atoms with Crippen molar-refractivity contribution < 1.29 is 13.2 Å². The summed E-state index contributed by atoms with van der Waals surface area (Å²) >= 11 is 1.06. The number of nitrogen functional groups attached to an aromatic ring is 1. The van der Waals surface area contributed by atoms with Crippen LogP contribution in [0.1, 0.15) is 16.6 Å². The summed E-state index contributed by atoms with van der Waals surface area (Å²) in [6, 6.07) is 0. The predicted octanol–water partition coefficient (Wildman–Crippen LogP) is 0.978. The molecule has 1 aromatic heterocycles. The van der Waals surface area contributed by atoms with E-state index >= 15 is 0 Å². The number of sulfone groups is 1. The van der Waals surface area contributed by atoms with Gasteiger partial charge < -0.3 is 11.1 Å². The average molecular weight is 248 g/mol. The van der Waals surface area contributed by atoms with Crippen molar-refractivity contribution in [1.82, 2.24) is 0 Å². The molecule has 0 saturated carbocycles. The van der Waals surface area contributed by atoms with Crippen molar-refractivity contribution in [3.05, 3.63) is 4.88 Å². The molecule has 0 fully saturated rings. The van der Waals surface area contributed by atoms with Crippen molar-refractivity contribution >= 4 is 37.6 Å². The Bertz CT molecular complexity index is 502. The normalized spacial score (nSPS) is 11.4. The molecule has 3 N–H and O–H groups in total. The molecule has 0 saturated heterocycles. The molecule has 0 radical (unpaired) electrons. The molecule has 0 unspecified atom stereocenters. The highest BCUT2D eigenvalue weighted by molar-refractivity contribution is 7.91. The maximum absolute atomic E-state index is 11.4. The average Bonchev–Trinajstić information content (AvgIpc) is 2.41. The topological polar surface area (TPSA) is 89.3 Å². The Balaban J connectivity index is 3.58. The number of carbonyl (C=O) groups is 1. The molecule has 0 atom stereocenters. The van der Waals surface area contributed by atoms with Crippen LogP contribution in [0.15, 0.2) is 4.90 Å². The minimum Gasteiger partial charge on any atom is -0.396 e. The third-order valence-electron chi connectivity index (χ3n) is 1.82. The highest BCUT2D eigenvalue weighted by Gasteiger charge is 2.24. The Morgan fingerprint density at radius 2 is 2.00 bits per heavy atom. The molecule has 5 nitrogen and oxygen atoms in total. The van der Waals surface area contributed by atoms with Crippen molar-refractivity contribution in [3.63, 3.8) is 0 Å². The third kappa shape index (κ3) is 2.13. The zero-order valence-corrected chi connectivity index (χ0v) is 10.3. The number of rotatable bonds is 3. The number of nitrogens with one attached hydrogen (secondary N) is 1. The highest BCUT2D eigenvalue weighted by atomic mass is 32.2. The van der Waals surface area contributed by atoms with Gasteiger partial charge in [0.1, 0.15) is 9.90 Å². The third-order valence-corrected chi connectivity index (χ3v) is 4.44. The number of anilines is 2. The molecule has 0 spiro atoms. The molecule has 1 aromatic rings. The lowest BCUT2D eigenvalue weighted by Crippen LogP contribution is -2.04. The lowest BCUT2D eigenvalue weighted by Gasteiger charge is -2.01. The summed E-state index contributed by atoms with van der Waals surface area (Å²) in [6.45, 7) is 1.35. The second kappa shape index (κ2) is 3.82. The first-order valence-electron chi connectivity index (χ1n) is 4.10. The zero-order valence-electron chi connectivity index (χ0n) is 8.62. The Morgan fingerprint density at radius 1 is 1.47 bits per heavy atom. The van der Waals surface area contributed by atoms with E-state index in [1.807, 2.05) is 0 Å². The fraction of sp³-hybridized carbons (Fsp3) is 0.375. The second-order valence-electron chi connectivity index (χ2n) is 3.08. The molecule has 1 heterocycles. The van der Waals surface area contributed by atoms with E-state index in [2.05, 4.69) is 5.32 Å². The monoisotopic (exact) mass is 248 g/mol. The van der Waals surface area contributed by atoms with E-state index in [0.29, 0.717) is 5.00 Å². The SMILES string of the molecule is CNc1sc(C(C)=O)c(N)c1S(C)(=O)=O. The number of hydrogen-bond acceptors (Lipinski definition) is 6. The lowest BCUT2D eigenvalue weighted by molar-refractivity contribution is 0.102. The summed E-state index contributed by atoms with van der Waals surface area (Å²) in [5, 5.41) is 3.13. The van der Waals surface area contributed by atoms with E-state index in [9.17, 15) is 13.2 Å². The van der Waals surface area contributed by atoms with Crippen LogP contribution in [0.2, 0.25) is 0 Å². The molecule has 0 amide bonds.